The highest BCUT2D eigenvalue weighted by Crippen LogP contribution is 2.28. The number of benzene rings is 2. The number of likely N-dealkylation sites (tertiary alicyclic amines) is 1. The van der Waals surface area contributed by atoms with Crippen LogP contribution >= 0.6 is 11.3 Å². The van der Waals surface area contributed by atoms with Crippen molar-refractivity contribution in [1.82, 2.24) is 14.5 Å². The first kappa shape index (κ1) is 24.2. The van der Waals surface area contributed by atoms with E-state index in [0.29, 0.717) is 29.2 Å². The summed E-state index contributed by atoms with van der Waals surface area (Å²) in [5, 5.41) is 3.57. The Kier molecular flexibility index (Phi) is 6.89. The number of carbonyl (C=O) groups is 1. The summed E-state index contributed by atoms with van der Waals surface area (Å²) >= 11 is 1.54. The zero-order valence-corrected chi connectivity index (χ0v) is 21.6. The van der Waals surface area contributed by atoms with Crippen LogP contribution in [-0.2, 0) is 11.3 Å². The van der Waals surface area contributed by atoms with E-state index in [4.69, 9.17) is 9.72 Å². The fourth-order valence-corrected chi connectivity index (χ4v) is 5.63. The first-order valence-corrected chi connectivity index (χ1v) is 13.1. The molecule has 1 atom stereocenters. The number of nitrogens with one attached hydrogen (secondary N) is 1. The van der Waals surface area contributed by atoms with Crippen molar-refractivity contribution in [1.29, 1.82) is 0 Å². The minimum Gasteiger partial charge on any atom is -0.457 e. The number of carbonyl (C=O) groups excluding carboxylic acids is 1. The molecule has 8 heteroatoms. The second kappa shape index (κ2) is 10.2. The Bertz CT molecular complexity index is 1440. The molecule has 1 aliphatic rings. The summed E-state index contributed by atoms with van der Waals surface area (Å²) in [5.74, 6) is 1.80. The Morgan fingerprint density at radius 3 is 2.42 bits per heavy atom. The van der Waals surface area contributed by atoms with E-state index in [0.717, 1.165) is 47.0 Å². The van der Waals surface area contributed by atoms with Gasteiger partial charge >= 0.3 is 0 Å². The number of nitrogens with zero attached hydrogens (tertiary/aromatic N) is 3. The maximum atomic E-state index is 13.7. The van der Waals surface area contributed by atoms with Crippen LogP contribution in [0, 0.1) is 13.8 Å². The second-order valence-electron chi connectivity index (χ2n) is 9.25. The van der Waals surface area contributed by atoms with Gasteiger partial charge in [-0.25, -0.2) is 4.98 Å². The fraction of sp³-hybridized carbons (Fsp3) is 0.321. The van der Waals surface area contributed by atoms with Gasteiger partial charge in [-0.2, -0.15) is 0 Å². The molecular formula is C28H30N4O3S. The first-order chi connectivity index (χ1) is 17.4. The molecule has 5 rings (SSSR count). The molecule has 1 unspecified atom stereocenters. The van der Waals surface area contributed by atoms with E-state index in [-0.39, 0.29) is 11.5 Å². The molecule has 186 valence electrons. The number of aromatic nitrogens is 2. The number of ether oxygens (including phenoxy) is 1. The monoisotopic (exact) mass is 502 g/mol. The molecule has 1 saturated heterocycles. The van der Waals surface area contributed by atoms with Crippen molar-refractivity contribution < 1.29 is 9.53 Å². The van der Waals surface area contributed by atoms with Gasteiger partial charge in [0.25, 0.3) is 5.56 Å². The van der Waals surface area contributed by atoms with Crippen molar-refractivity contribution in [3.63, 3.8) is 0 Å². The standard InChI is InChI=1S/C28H30N4O3S/c1-18-20(3)36-27-25(18)28(34)32(24(30-27)17-31-15-7-8-16-31)19(2)26(33)29-21-11-13-23(14-12-21)35-22-9-5-4-6-10-22/h4-6,9-14,19H,7-8,15-17H2,1-3H3,(H,29,33). The van der Waals surface area contributed by atoms with Crippen molar-refractivity contribution in [3.05, 3.63) is 81.2 Å². The lowest BCUT2D eigenvalue weighted by atomic mass is 10.2. The van der Waals surface area contributed by atoms with Gasteiger partial charge in [-0.15, -0.1) is 11.3 Å². The Labute approximate surface area is 214 Å². The molecule has 2 aromatic carbocycles. The van der Waals surface area contributed by atoms with E-state index < -0.39 is 6.04 Å². The van der Waals surface area contributed by atoms with Gasteiger partial charge in [0, 0.05) is 10.6 Å². The van der Waals surface area contributed by atoms with E-state index in [1.165, 1.54) is 0 Å². The van der Waals surface area contributed by atoms with E-state index in [9.17, 15) is 9.59 Å². The van der Waals surface area contributed by atoms with Gasteiger partial charge in [-0.3, -0.25) is 19.1 Å². The van der Waals surface area contributed by atoms with Crippen LogP contribution in [0.3, 0.4) is 0 Å². The number of hydrogen-bond acceptors (Lipinski definition) is 6. The maximum Gasteiger partial charge on any atom is 0.263 e. The Morgan fingerprint density at radius 2 is 1.72 bits per heavy atom. The molecule has 0 saturated carbocycles. The highest BCUT2D eigenvalue weighted by atomic mass is 32.1. The molecule has 1 N–H and O–H groups in total. The summed E-state index contributed by atoms with van der Waals surface area (Å²) < 4.78 is 7.42. The SMILES string of the molecule is Cc1sc2nc(CN3CCCC3)n(C(C)C(=O)Nc3ccc(Oc4ccccc4)cc3)c(=O)c2c1C. The molecule has 0 aliphatic carbocycles. The number of hydrogen-bond donors (Lipinski definition) is 1. The average molecular weight is 503 g/mol. The minimum absolute atomic E-state index is 0.148. The van der Waals surface area contributed by atoms with Crippen LogP contribution in [-0.4, -0.2) is 33.4 Å². The number of para-hydroxylation sites is 1. The number of aryl methyl sites for hydroxylation is 2. The summed E-state index contributed by atoms with van der Waals surface area (Å²) in [4.78, 5) is 36.0. The van der Waals surface area contributed by atoms with E-state index >= 15 is 0 Å². The normalized spacial score (nSPS) is 14.8. The third-order valence-corrected chi connectivity index (χ3v) is 7.84. The predicted octanol–water partition coefficient (Wildman–Crippen LogP) is 5.66. The highest BCUT2D eigenvalue weighted by Gasteiger charge is 2.25. The zero-order chi connectivity index (χ0) is 25.2. The number of amides is 1. The van der Waals surface area contributed by atoms with Gasteiger partial charge in [0.05, 0.1) is 11.9 Å². The van der Waals surface area contributed by atoms with Crippen molar-refractivity contribution >= 4 is 33.1 Å². The largest absolute Gasteiger partial charge is 0.457 e. The summed E-state index contributed by atoms with van der Waals surface area (Å²) in [6, 6.07) is 16.0. The van der Waals surface area contributed by atoms with Crippen LogP contribution in [0.5, 0.6) is 11.5 Å². The van der Waals surface area contributed by atoms with E-state index in [1.807, 2.05) is 56.3 Å². The summed E-state index contributed by atoms with van der Waals surface area (Å²) in [6.45, 7) is 8.24. The lowest BCUT2D eigenvalue weighted by molar-refractivity contribution is -0.119. The summed E-state index contributed by atoms with van der Waals surface area (Å²) in [5.41, 5.74) is 1.43. The van der Waals surface area contributed by atoms with Crippen LogP contribution in [0.2, 0.25) is 0 Å². The number of rotatable bonds is 7. The molecule has 7 nitrogen and oxygen atoms in total. The molecule has 4 aromatic rings. The Balaban J connectivity index is 1.40. The third-order valence-electron chi connectivity index (χ3n) is 6.74. The molecule has 3 heterocycles. The predicted molar refractivity (Wildman–Crippen MR) is 144 cm³/mol. The highest BCUT2D eigenvalue weighted by molar-refractivity contribution is 7.18. The number of thiophene rings is 1. The topological polar surface area (TPSA) is 76.5 Å². The molecule has 1 fully saturated rings. The molecule has 1 aliphatic heterocycles. The molecule has 1 amide bonds. The van der Waals surface area contributed by atoms with Gasteiger partial charge < -0.3 is 10.1 Å². The van der Waals surface area contributed by atoms with Gasteiger partial charge in [-0.1, -0.05) is 18.2 Å². The van der Waals surface area contributed by atoms with Gasteiger partial charge in [0.1, 0.15) is 28.2 Å². The van der Waals surface area contributed by atoms with Crippen LogP contribution in [0.4, 0.5) is 5.69 Å². The Hall–Kier alpha value is -3.49. The van der Waals surface area contributed by atoms with E-state index in [1.54, 1.807) is 35.0 Å². The van der Waals surface area contributed by atoms with Crippen LogP contribution in [0.1, 0.15) is 42.1 Å². The first-order valence-electron chi connectivity index (χ1n) is 12.3. The lowest BCUT2D eigenvalue weighted by Crippen LogP contribution is -2.36. The Morgan fingerprint density at radius 1 is 1.06 bits per heavy atom. The van der Waals surface area contributed by atoms with Crippen molar-refractivity contribution in [3.8, 4) is 11.5 Å². The van der Waals surface area contributed by atoms with Gasteiger partial charge in [-0.05, 0) is 88.7 Å². The zero-order valence-electron chi connectivity index (χ0n) is 20.8. The fourth-order valence-electron chi connectivity index (χ4n) is 4.59. The van der Waals surface area contributed by atoms with Crippen LogP contribution < -0.4 is 15.6 Å². The summed E-state index contributed by atoms with van der Waals surface area (Å²) in [6.07, 6.45) is 2.29. The quantitative estimate of drug-likeness (QED) is 0.353. The van der Waals surface area contributed by atoms with Crippen LogP contribution in [0.15, 0.2) is 59.4 Å². The van der Waals surface area contributed by atoms with Crippen LogP contribution in [0.25, 0.3) is 10.2 Å². The smallest absolute Gasteiger partial charge is 0.263 e. The molecule has 2 aromatic heterocycles. The molecular weight excluding hydrogens is 472 g/mol. The third kappa shape index (κ3) is 4.92. The summed E-state index contributed by atoms with van der Waals surface area (Å²) in [7, 11) is 0. The average Bonchev–Trinajstić information content (AvgIpc) is 3.48. The number of anilines is 1. The molecule has 36 heavy (non-hydrogen) atoms. The minimum atomic E-state index is -0.716. The number of fused-ring (bicyclic) bond motifs is 1. The molecule has 0 bridgehead atoms. The molecule has 0 spiro atoms. The second-order valence-corrected chi connectivity index (χ2v) is 10.5. The maximum absolute atomic E-state index is 13.7. The van der Waals surface area contributed by atoms with Crippen molar-refractivity contribution in [2.45, 2.75) is 46.2 Å². The van der Waals surface area contributed by atoms with E-state index in [2.05, 4.69) is 10.2 Å². The molecule has 0 radical (unpaired) electrons. The van der Waals surface area contributed by atoms with Crippen molar-refractivity contribution in [2.24, 2.45) is 0 Å². The lowest BCUT2D eigenvalue weighted by Gasteiger charge is -2.22. The van der Waals surface area contributed by atoms with Gasteiger partial charge in [0.15, 0.2) is 0 Å². The van der Waals surface area contributed by atoms with Gasteiger partial charge in [0.2, 0.25) is 5.91 Å². The van der Waals surface area contributed by atoms with Crippen molar-refractivity contribution in [2.75, 3.05) is 18.4 Å².